The number of benzene rings is 7. The molecule has 0 spiro atoms. The van der Waals surface area contributed by atoms with E-state index in [9.17, 15) is 0 Å². The van der Waals surface area contributed by atoms with E-state index < -0.39 is 0 Å². The van der Waals surface area contributed by atoms with Gasteiger partial charge >= 0.3 is 0 Å². The molecule has 50 heavy (non-hydrogen) atoms. The molecule has 0 aliphatic carbocycles. The van der Waals surface area contributed by atoms with Crippen LogP contribution in [0, 0.1) is 0 Å². The Morgan fingerprint density at radius 2 is 0.960 bits per heavy atom. The summed E-state index contributed by atoms with van der Waals surface area (Å²) in [5, 5.41) is 4.43. The Balaban J connectivity index is 1.31. The van der Waals surface area contributed by atoms with Gasteiger partial charge in [0.2, 0.25) is 0 Å². The van der Waals surface area contributed by atoms with Gasteiger partial charge in [-0.25, -0.2) is 15.0 Å². The minimum Gasteiger partial charge on any atom is -0.454 e. The lowest BCUT2D eigenvalue weighted by Gasteiger charge is -2.13. The second kappa shape index (κ2) is 10.3. The van der Waals surface area contributed by atoms with Crippen molar-refractivity contribution in [2.24, 2.45) is 0 Å². The third-order valence-electron chi connectivity index (χ3n) is 10.0. The van der Waals surface area contributed by atoms with Gasteiger partial charge in [0.25, 0.3) is 0 Å². The molecule has 1 aliphatic heterocycles. The Bertz CT molecular complexity index is 2920. The molecule has 5 nitrogen and oxygen atoms in total. The second-order valence-corrected chi connectivity index (χ2v) is 12.8. The van der Waals surface area contributed by atoms with Gasteiger partial charge < -0.3 is 8.98 Å². The van der Waals surface area contributed by atoms with E-state index in [1.54, 1.807) is 0 Å². The van der Waals surface area contributed by atoms with Crippen LogP contribution in [-0.2, 0) is 0 Å². The predicted octanol–water partition coefficient (Wildman–Crippen LogP) is 11.5. The maximum atomic E-state index is 6.78. The Morgan fingerprint density at radius 1 is 0.400 bits per heavy atom. The van der Waals surface area contributed by atoms with E-state index in [1.165, 1.54) is 11.1 Å². The predicted molar refractivity (Wildman–Crippen MR) is 202 cm³/mol. The monoisotopic (exact) mass is 638 g/mol. The lowest BCUT2D eigenvalue weighted by Crippen LogP contribution is -2.01. The first kappa shape index (κ1) is 27.1. The van der Waals surface area contributed by atoms with Crippen LogP contribution >= 0.6 is 0 Å². The molecule has 232 valence electrons. The fourth-order valence-corrected chi connectivity index (χ4v) is 7.83. The molecule has 0 amide bonds. The second-order valence-electron chi connectivity index (χ2n) is 12.8. The molecule has 0 bridgehead atoms. The maximum Gasteiger partial charge on any atom is 0.164 e. The molecule has 0 fully saturated rings. The normalized spacial score (nSPS) is 12.0. The standard InChI is InChI=1S/C45H26N4O/c1-3-13-27(14-4-1)43-46-44(28-15-5-2-6-16-28)48-45(47-43)36-26-24-32-29-17-7-8-18-30(29)33-23-25-34-31-19-10-12-22-38(31)50-42(34)41(33)49-37-21-11-9-20-35(37)39(36)40(32)49/h1-26H. The van der Waals surface area contributed by atoms with Crippen molar-refractivity contribution in [3.05, 3.63) is 158 Å². The van der Waals surface area contributed by atoms with Gasteiger partial charge in [-0.15, -0.1) is 0 Å². The first-order chi connectivity index (χ1) is 24.8. The van der Waals surface area contributed by atoms with E-state index in [0.29, 0.717) is 17.5 Å². The molecule has 0 unspecified atom stereocenters. The number of para-hydroxylation sites is 2. The topological polar surface area (TPSA) is 56.7 Å². The summed E-state index contributed by atoms with van der Waals surface area (Å²) in [6.07, 6.45) is 0. The number of aromatic nitrogens is 4. The Hall–Kier alpha value is -6.85. The van der Waals surface area contributed by atoms with Gasteiger partial charge in [-0.1, -0.05) is 133 Å². The maximum absolute atomic E-state index is 6.78. The Labute approximate surface area is 286 Å². The molecule has 3 aromatic heterocycles. The summed E-state index contributed by atoms with van der Waals surface area (Å²) < 4.78 is 9.19. The summed E-state index contributed by atoms with van der Waals surface area (Å²) in [5.41, 5.74) is 12.4. The number of rotatable bonds is 3. The van der Waals surface area contributed by atoms with E-state index >= 15 is 0 Å². The lowest BCUT2D eigenvalue weighted by molar-refractivity contribution is 0.666. The number of fused-ring (bicyclic) bond motifs is 12. The van der Waals surface area contributed by atoms with Gasteiger partial charge in [-0.2, -0.15) is 0 Å². The van der Waals surface area contributed by atoms with Crippen LogP contribution < -0.4 is 0 Å². The van der Waals surface area contributed by atoms with Crippen molar-refractivity contribution in [1.29, 1.82) is 0 Å². The van der Waals surface area contributed by atoms with Crippen molar-refractivity contribution < 1.29 is 4.42 Å². The van der Waals surface area contributed by atoms with E-state index in [2.05, 4.69) is 95.6 Å². The summed E-state index contributed by atoms with van der Waals surface area (Å²) >= 11 is 0. The fourth-order valence-electron chi connectivity index (χ4n) is 7.83. The van der Waals surface area contributed by atoms with E-state index in [0.717, 1.165) is 77.2 Å². The molecule has 11 rings (SSSR count). The van der Waals surface area contributed by atoms with E-state index in [-0.39, 0.29) is 0 Å². The molecule has 4 heterocycles. The third-order valence-corrected chi connectivity index (χ3v) is 10.0. The van der Waals surface area contributed by atoms with Crippen molar-refractivity contribution >= 4 is 43.7 Å². The highest BCUT2D eigenvalue weighted by Gasteiger charge is 2.29. The van der Waals surface area contributed by atoms with Gasteiger partial charge in [-0.3, -0.25) is 0 Å². The molecule has 0 saturated heterocycles. The van der Waals surface area contributed by atoms with Crippen LogP contribution in [0.25, 0.3) is 106 Å². The molecule has 7 aromatic carbocycles. The molecular formula is C45H26N4O. The number of hydrogen-bond donors (Lipinski definition) is 0. The minimum absolute atomic E-state index is 0.631. The highest BCUT2D eigenvalue weighted by molar-refractivity contribution is 6.23. The zero-order chi connectivity index (χ0) is 32.8. The number of furan rings is 1. The van der Waals surface area contributed by atoms with Gasteiger partial charge in [0.1, 0.15) is 5.58 Å². The third kappa shape index (κ3) is 3.80. The number of nitrogens with zero attached hydrogens (tertiary/aromatic N) is 4. The highest BCUT2D eigenvalue weighted by atomic mass is 16.3. The smallest absolute Gasteiger partial charge is 0.164 e. The molecular weight excluding hydrogens is 613 g/mol. The number of hydrogen-bond acceptors (Lipinski definition) is 4. The molecule has 10 aromatic rings. The lowest BCUT2D eigenvalue weighted by atomic mass is 9.92. The van der Waals surface area contributed by atoms with Gasteiger partial charge in [0.15, 0.2) is 23.1 Å². The average Bonchev–Trinajstić information content (AvgIpc) is 3.70. The summed E-state index contributed by atoms with van der Waals surface area (Å²) in [5.74, 6) is 1.91. The summed E-state index contributed by atoms with van der Waals surface area (Å²) in [4.78, 5) is 15.3. The van der Waals surface area contributed by atoms with Crippen molar-refractivity contribution in [3.63, 3.8) is 0 Å². The van der Waals surface area contributed by atoms with Gasteiger partial charge in [0, 0.05) is 49.4 Å². The van der Waals surface area contributed by atoms with Crippen molar-refractivity contribution in [2.75, 3.05) is 0 Å². The average molecular weight is 639 g/mol. The van der Waals surface area contributed by atoms with Crippen molar-refractivity contribution in [2.45, 2.75) is 0 Å². The zero-order valence-corrected chi connectivity index (χ0v) is 26.7. The highest BCUT2D eigenvalue weighted by Crippen LogP contribution is 2.51. The SMILES string of the molecule is c1ccc(-c2nc(-c3ccccc3)nc(-c3ccc4c5c3c3ccccc3n5-c3c(ccc5c3oc3ccccc35)-c3ccccc3-4)n2)cc1. The van der Waals surface area contributed by atoms with Crippen molar-refractivity contribution in [1.82, 2.24) is 19.5 Å². The molecule has 5 heteroatoms. The van der Waals surface area contributed by atoms with Crippen LogP contribution in [0.3, 0.4) is 0 Å². The first-order valence-electron chi connectivity index (χ1n) is 16.8. The van der Waals surface area contributed by atoms with E-state index in [4.69, 9.17) is 19.4 Å². The summed E-state index contributed by atoms with van der Waals surface area (Å²) in [6.45, 7) is 0. The molecule has 0 radical (unpaired) electrons. The van der Waals surface area contributed by atoms with Crippen LogP contribution in [0.15, 0.2) is 162 Å². The molecule has 0 N–H and O–H groups in total. The van der Waals surface area contributed by atoms with Crippen LogP contribution in [0.1, 0.15) is 0 Å². The molecule has 0 saturated carbocycles. The van der Waals surface area contributed by atoms with Crippen LogP contribution in [0.4, 0.5) is 0 Å². The fraction of sp³-hybridized carbons (Fsp3) is 0. The molecule has 1 aliphatic rings. The zero-order valence-electron chi connectivity index (χ0n) is 26.7. The van der Waals surface area contributed by atoms with Crippen LogP contribution in [0.5, 0.6) is 0 Å². The quantitative estimate of drug-likeness (QED) is 0.193. The van der Waals surface area contributed by atoms with Crippen LogP contribution in [-0.4, -0.2) is 19.5 Å². The van der Waals surface area contributed by atoms with Crippen molar-refractivity contribution in [3.8, 4) is 62.1 Å². The van der Waals surface area contributed by atoms with Gasteiger partial charge in [-0.05, 0) is 35.4 Å². The Morgan fingerprint density at radius 3 is 1.70 bits per heavy atom. The van der Waals surface area contributed by atoms with Gasteiger partial charge in [0.05, 0.1) is 16.7 Å². The van der Waals surface area contributed by atoms with E-state index in [1.807, 2.05) is 66.7 Å². The summed E-state index contributed by atoms with van der Waals surface area (Å²) in [6, 6.07) is 54.8. The summed E-state index contributed by atoms with van der Waals surface area (Å²) in [7, 11) is 0. The molecule has 0 atom stereocenters. The Kier molecular flexibility index (Phi) is 5.60. The minimum atomic E-state index is 0.631. The van der Waals surface area contributed by atoms with Crippen LogP contribution in [0.2, 0.25) is 0 Å². The largest absolute Gasteiger partial charge is 0.454 e. The first-order valence-corrected chi connectivity index (χ1v) is 16.8.